The molecule has 9 heteroatoms. The maximum absolute atomic E-state index is 12.2. The molecule has 0 unspecified atom stereocenters. The molecule has 2 aromatic carbocycles. The molecular weight excluding hydrogens is 378 g/mol. The molecule has 0 fully saturated rings. The molecule has 0 saturated carbocycles. The maximum atomic E-state index is 12.2. The van der Waals surface area contributed by atoms with Gasteiger partial charge >= 0.3 is 0 Å². The van der Waals surface area contributed by atoms with Crippen molar-refractivity contribution in [2.45, 2.75) is 24.9 Å². The summed E-state index contributed by atoms with van der Waals surface area (Å²) in [6.07, 6.45) is 1.60. The first-order valence-corrected chi connectivity index (χ1v) is 9.60. The number of benzene rings is 2. The van der Waals surface area contributed by atoms with E-state index in [2.05, 4.69) is 41.5 Å². The molecule has 0 atom stereocenters. The number of rotatable bonds is 7. The number of thioether (sulfide) groups is 1. The smallest absolute Gasteiger partial charge is 0.271 e. The first kappa shape index (κ1) is 19.6. The summed E-state index contributed by atoms with van der Waals surface area (Å²) >= 11 is 1.24. The average molecular weight is 397 g/mol. The Morgan fingerprint density at radius 1 is 1.25 bits per heavy atom. The lowest BCUT2D eigenvalue weighted by Crippen LogP contribution is -2.14. The molecule has 0 radical (unpaired) electrons. The van der Waals surface area contributed by atoms with Crippen LogP contribution in [0.1, 0.15) is 25.3 Å². The predicted molar refractivity (Wildman–Crippen MR) is 108 cm³/mol. The number of nitro groups is 1. The summed E-state index contributed by atoms with van der Waals surface area (Å²) in [4.78, 5) is 22.5. The van der Waals surface area contributed by atoms with E-state index in [0.29, 0.717) is 16.8 Å². The molecule has 1 aromatic heterocycles. The Labute approximate surface area is 166 Å². The molecular formula is C19H19N5O3S. The van der Waals surface area contributed by atoms with Gasteiger partial charge in [-0.3, -0.25) is 19.5 Å². The number of carbonyl (C=O) groups excluding carboxylic acids is 1. The van der Waals surface area contributed by atoms with E-state index in [1.807, 2.05) is 16.7 Å². The molecule has 3 aromatic rings. The highest BCUT2D eigenvalue weighted by Crippen LogP contribution is 2.22. The van der Waals surface area contributed by atoms with E-state index in [0.717, 1.165) is 5.69 Å². The summed E-state index contributed by atoms with van der Waals surface area (Å²) in [7, 11) is 0. The molecule has 1 amide bonds. The van der Waals surface area contributed by atoms with Gasteiger partial charge in [0.2, 0.25) is 5.91 Å². The monoisotopic (exact) mass is 397 g/mol. The van der Waals surface area contributed by atoms with Gasteiger partial charge < -0.3 is 5.32 Å². The van der Waals surface area contributed by atoms with E-state index in [1.54, 1.807) is 12.4 Å². The predicted octanol–water partition coefficient (Wildman–Crippen LogP) is 4.03. The Hall–Kier alpha value is -3.20. The highest BCUT2D eigenvalue weighted by molar-refractivity contribution is 7.99. The van der Waals surface area contributed by atoms with Crippen LogP contribution < -0.4 is 5.32 Å². The van der Waals surface area contributed by atoms with Crippen molar-refractivity contribution in [3.05, 3.63) is 70.5 Å². The minimum Gasteiger partial charge on any atom is -0.325 e. The average Bonchev–Trinajstić information content (AvgIpc) is 3.15. The zero-order chi connectivity index (χ0) is 20.1. The lowest BCUT2D eigenvalue weighted by Gasteiger charge is -2.09. The van der Waals surface area contributed by atoms with Crippen LogP contribution in [0.3, 0.4) is 0 Å². The van der Waals surface area contributed by atoms with E-state index >= 15 is 0 Å². The number of nitro benzene ring substituents is 1. The van der Waals surface area contributed by atoms with Gasteiger partial charge in [-0.05, 0) is 29.7 Å². The highest BCUT2D eigenvalue weighted by atomic mass is 32.2. The minimum atomic E-state index is -0.503. The van der Waals surface area contributed by atoms with Gasteiger partial charge in [0.15, 0.2) is 5.16 Å². The molecule has 144 valence electrons. The number of nitrogens with one attached hydrogen (secondary N) is 1. The first-order valence-electron chi connectivity index (χ1n) is 8.61. The zero-order valence-electron chi connectivity index (χ0n) is 15.4. The third kappa shape index (κ3) is 4.74. The van der Waals surface area contributed by atoms with Gasteiger partial charge in [-0.15, -0.1) is 10.2 Å². The SMILES string of the molecule is CC(C)c1ccc(-n2cnnc2SCC(=O)Nc2cccc([N+](=O)[O-])c2)cc1. The highest BCUT2D eigenvalue weighted by Gasteiger charge is 2.12. The molecule has 1 N–H and O–H groups in total. The van der Waals surface area contributed by atoms with Crippen molar-refractivity contribution in [3.63, 3.8) is 0 Å². The maximum Gasteiger partial charge on any atom is 0.271 e. The fourth-order valence-electron chi connectivity index (χ4n) is 2.54. The Bertz CT molecular complexity index is 985. The van der Waals surface area contributed by atoms with Crippen molar-refractivity contribution in [2.24, 2.45) is 0 Å². The van der Waals surface area contributed by atoms with Gasteiger partial charge in [0, 0.05) is 23.5 Å². The van der Waals surface area contributed by atoms with Crippen LogP contribution >= 0.6 is 11.8 Å². The van der Waals surface area contributed by atoms with Crippen LogP contribution in [0.15, 0.2) is 60.0 Å². The van der Waals surface area contributed by atoms with Crippen molar-refractivity contribution >= 4 is 29.0 Å². The van der Waals surface area contributed by atoms with Gasteiger partial charge in [-0.1, -0.05) is 43.8 Å². The number of anilines is 1. The quantitative estimate of drug-likeness (QED) is 0.367. The van der Waals surface area contributed by atoms with Crippen LogP contribution in [0.5, 0.6) is 0 Å². The van der Waals surface area contributed by atoms with Gasteiger partial charge in [0.05, 0.1) is 10.7 Å². The molecule has 0 bridgehead atoms. The number of aromatic nitrogens is 3. The van der Waals surface area contributed by atoms with Crippen molar-refractivity contribution in [2.75, 3.05) is 11.1 Å². The summed E-state index contributed by atoms with van der Waals surface area (Å²) in [5, 5.41) is 22.1. The fraction of sp³-hybridized carbons (Fsp3) is 0.211. The second-order valence-corrected chi connectivity index (χ2v) is 7.32. The number of nitrogens with zero attached hydrogens (tertiary/aromatic N) is 4. The molecule has 0 aliphatic rings. The van der Waals surface area contributed by atoms with Crippen LogP contribution in [0.4, 0.5) is 11.4 Å². The van der Waals surface area contributed by atoms with E-state index in [9.17, 15) is 14.9 Å². The van der Waals surface area contributed by atoms with Crippen molar-refractivity contribution in [1.29, 1.82) is 0 Å². The number of carbonyl (C=O) groups is 1. The largest absolute Gasteiger partial charge is 0.325 e. The zero-order valence-corrected chi connectivity index (χ0v) is 16.2. The standard InChI is InChI=1S/C19H19N5O3S/c1-13(2)14-6-8-16(9-7-14)23-12-20-22-19(23)28-11-18(25)21-15-4-3-5-17(10-15)24(26)27/h3-10,12-13H,11H2,1-2H3,(H,21,25). The molecule has 28 heavy (non-hydrogen) atoms. The van der Waals surface area contributed by atoms with E-state index < -0.39 is 4.92 Å². The molecule has 8 nitrogen and oxygen atoms in total. The molecule has 1 heterocycles. The third-order valence-corrected chi connectivity index (χ3v) is 4.97. The van der Waals surface area contributed by atoms with Crippen molar-refractivity contribution < 1.29 is 9.72 Å². The number of non-ortho nitro benzene ring substituents is 1. The number of hydrogen-bond acceptors (Lipinski definition) is 6. The lowest BCUT2D eigenvalue weighted by atomic mass is 10.0. The van der Waals surface area contributed by atoms with Gasteiger partial charge in [-0.2, -0.15) is 0 Å². The minimum absolute atomic E-state index is 0.0740. The van der Waals surface area contributed by atoms with Crippen molar-refractivity contribution in [3.8, 4) is 5.69 Å². The van der Waals surface area contributed by atoms with Crippen LogP contribution in [0.2, 0.25) is 0 Å². The van der Waals surface area contributed by atoms with E-state index in [1.165, 1.54) is 35.5 Å². The van der Waals surface area contributed by atoms with Gasteiger partial charge in [0.25, 0.3) is 5.69 Å². The Balaban J connectivity index is 1.64. The summed E-state index contributed by atoms with van der Waals surface area (Å²) in [5.74, 6) is 0.266. The fourth-order valence-corrected chi connectivity index (χ4v) is 3.27. The van der Waals surface area contributed by atoms with E-state index in [-0.39, 0.29) is 17.3 Å². The van der Waals surface area contributed by atoms with Crippen LogP contribution in [0.25, 0.3) is 5.69 Å². The Kier molecular flexibility index (Phi) is 6.05. The van der Waals surface area contributed by atoms with Crippen molar-refractivity contribution in [1.82, 2.24) is 14.8 Å². The molecule has 0 aliphatic carbocycles. The topological polar surface area (TPSA) is 103 Å². The second-order valence-electron chi connectivity index (χ2n) is 6.37. The lowest BCUT2D eigenvalue weighted by molar-refractivity contribution is -0.384. The second kappa shape index (κ2) is 8.66. The van der Waals surface area contributed by atoms with Crippen LogP contribution in [0, 0.1) is 10.1 Å². The summed E-state index contributed by atoms with van der Waals surface area (Å²) in [6, 6.07) is 13.9. The molecule has 3 rings (SSSR count). The molecule has 0 aliphatic heterocycles. The Morgan fingerprint density at radius 3 is 2.68 bits per heavy atom. The number of amides is 1. The van der Waals surface area contributed by atoms with Crippen LogP contribution in [-0.4, -0.2) is 31.3 Å². The molecule has 0 saturated heterocycles. The normalized spacial score (nSPS) is 10.8. The van der Waals surface area contributed by atoms with Gasteiger partial charge in [-0.25, -0.2) is 0 Å². The van der Waals surface area contributed by atoms with E-state index in [4.69, 9.17) is 0 Å². The summed E-state index contributed by atoms with van der Waals surface area (Å²) in [5.41, 5.74) is 2.46. The molecule has 0 spiro atoms. The number of hydrogen-bond donors (Lipinski definition) is 1. The summed E-state index contributed by atoms with van der Waals surface area (Å²) in [6.45, 7) is 4.27. The third-order valence-electron chi connectivity index (χ3n) is 4.03. The summed E-state index contributed by atoms with van der Waals surface area (Å²) < 4.78 is 1.81. The van der Waals surface area contributed by atoms with Crippen LogP contribution in [-0.2, 0) is 4.79 Å². The van der Waals surface area contributed by atoms with Gasteiger partial charge in [0.1, 0.15) is 6.33 Å². The first-order chi connectivity index (χ1) is 13.4. The Morgan fingerprint density at radius 2 is 2.00 bits per heavy atom.